The van der Waals surface area contributed by atoms with Crippen LogP contribution in [0.2, 0.25) is 5.02 Å². The van der Waals surface area contributed by atoms with Crippen LogP contribution in [0, 0.1) is 11.6 Å². The van der Waals surface area contributed by atoms with Gasteiger partial charge in [-0.1, -0.05) is 11.6 Å². The lowest BCUT2D eigenvalue weighted by molar-refractivity contribution is 0.103. The zero-order valence-electron chi connectivity index (χ0n) is 10.5. The number of nitrogens with zero attached hydrogens (tertiary/aromatic N) is 1. The molecule has 0 atom stereocenters. The lowest BCUT2D eigenvalue weighted by Gasteiger charge is -2.05. The summed E-state index contributed by atoms with van der Waals surface area (Å²) in [4.78, 5) is 19.2. The van der Waals surface area contributed by atoms with Gasteiger partial charge in [0.25, 0.3) is 0 Å². The molecule has 7 heteroatoms. The van der Waals surface area contributed by atoms with E-state index in [1.54, 1.807) is 0 Å². The third-order valence-electron chi connectivity index (χ3n) is 3.10. The SMILES string of the molecule is Nc1cc(C(=O)c2c[nH]c3nccc(Cl)c23)c(F)cc1F. The van der Waals surface area contributed by atoms with Crippen molar-refractivity contribution in [2.75, 3.05) is 5.73 Å². The molecule has 3 rings (SSSR count). The molecule has 0 bridgehead atoms. The molecule has 0 aliphatic carbocycles. The van der Waals surface area contributed by atoms with Crippen molar-refractivity contribution in [1.82, 2.24) is 9.97 Å². The number of halogens is 3. The van der Waals surface area contributed by atoms with Crippen molar-refractivity contribution in [1.29, 1.82) is 0 Å². The van der Waals surface area contributed by atoms with Crippen LogP contribution in [0.5, 0.6) is 0 Å². The first-order valence-corrected chi connectivity index (χ1v) is 6.27. The topological polar surface area (TPSA) is 71.8 Å². The zero-order valence-corrected chi connectivity index (χ0v) is 11.2. The minimum atomic E-state index is -0.985. The molecule has 0 fully saturated rings. The number of aromatic nitrogens is 2. The Hall–Kier alpha value is -2.47. The van der Waals surface area contributed by atoms with Crippen molar-refractivity contribution < 1.29 is 13.6 Å². The summed E-state index contributed by atoms with van der Waals surface area (Å²) in [5.41, 5.74) is 5.31. The van der Waals surface area contributed by atoms with E-state index in [1.165, 1.54) is 18.5 Å². The summed E-state index contributed by atoms with van der Waals surface area (Å²) in [7, 11) is 0. The Morgan fingerprint density at radius 1 is 1.24 bits per heavy atom. The van der Waals surface area contributed by atoms with Gasteiger partial charge in [0, 0.05) is 23.8 Å². The Bertz CT molecular complexity index is 876. The van der Waals surface area contributed by atoms with Crippen LogP contribution in [0.15, 0.2) is 30.6 Å². The number of nitrogens with two attached hydrogens (primary N) is 1. The van der Waals surface area contributed by atoms with Gasteiger partial charge in [0.05, 0.1) is 21.8 Å². The number of carbonyl (C=O) groups excluding carboxylic acids is 1. The highest BCUT2D eigenvalue weighted by Crippen LogP contribution is 2.28. The lowest BCUT2D eigenvalue weighted by Crippen LogP contribution is -2.06. The number of hydrogen-bond acceptors (Lipinski definition) is 3. The first-order valence-electron chi connectivity index (χ1n) is 5.90. The summed E-state index contributed by atoms with van der Waals surface area (Å²) >= 11 is 6.04. The lowest BCUT2D eigenvalue weighted by atomic mass is 10.0. The van der Waals surface area contributed by atoms with Gasteiger partial charge in [-0.2, -0.15) is 0 Å². The number of rotatable bonds is 2. The van der Waals surface area contributed by atoms with Gasteiger partial charge in [-0.05, 0) is 12.1 Å². The molecule has 0 aliphatic rings. The van der Waals surface area contributed by atoms with Crippen LogP contribution in [0.3, 0.4) is 0 Å². The highest BCUT2D eigenvalue weighted by Gasteiger charge is 2.21. The van der Waals surface area contributed by atoms with Crippen molar-refractivity contribution in [3.8, 4) is 0 Å². The number of hydrogen-bond donors (Lipinski definition) is 2. The Morgan fingerprint density at radius 2 is 2.00 bits per heavy atom. The molecule has 106 valence electrons. The first-order chi connectivity index (χ1) is 9.99. The minimum absolute atomic E-state index is 0.146. The third-order valence-corrected chi connectivity index (χ3v) is 3.41. The van der Waals surface area contributed by atoms with Crippen LogP contribution in [-0.4, -0.2) is 15.8 Å². The van der Waals surface area contributed by atoms with E-state index in [-0.39, 0.29) is 16.8 Å². The molecule has 3 aromatic rings. The number of aromatic amines is 1. The predicted octanol–water partition coefficient (Wildman–Crippen LogP) is 3.31. The molecule has 0 radical (unpaired) electrons. The van der Waals surface area contributed by atoms with Gasteiger partial charge in [0.2, 0.25) is 0 Å². The molecule has 0 amide bonds. The van der Waals surface area contributed by atoms with Crippen molar-refractivity contribution in [2.45, 2.75) is 0 Å². The fourth-order valence-electron chi connectivity index (χ4n) is 2.08. The van der Waals surface area contributed by atoms with E-state index in [4.69, 9.17) is 17.3 Å². The number of benzene rings is 1. The maximum atomic E-state index is 13.8. The molecule has 0 spiro atoms. The molecule has 0 aliphatic heterocycles. The second kappa shape index (κ2) is 4.82. The summed E-state index contributed by atoms with van der Waals surface area (Å²) in [6, 6.07) is 3.07. The number of ketones is 1. The van der Waals surface area contributed by atoms with Gasteiger partial charge in [0.15, 0.2) is 5.78 Å². The summed E-state index contributed by atoms with van der Waals surface area (Å²) in [5.74, 6) is -2.55. The zero-order chi connectivity index (χ0) is 15.1. The molecule has 3 N–H and O–H groups in total. The number of carbonyl (C=O) groups is 1. The number of nitrogen functional groups attached to an aromatic ring is 1. The molecule has 0 saturated heterocycles. The number of H-pyrrole nitrogens is 1. The number of fused-ring (bicyclic) bond motifs is 1. The summed E-state index contributed by atoms with van der Waals surface area (Å²) in [5, 5.41) is 0.687. The van der Waals surface area contributed by atoms with Crippen LogP contribution in [-0.2, 0) is 0 Å². The van der Waals surface area contributed by atoms with E-state index in [9.17, 15) is 13.6 Å². The van der Waals surface area contributed by atoms with Gasteiger partial charge in [0.1, 0.15) is 17.3 Å². The van der Waals surface area contributed by atoms with Gasteiger partial charge in [-0.15, -0.1) is 0 Å². The molecule has 0 unspecified atom stereocenters. The van der Waals surface area contributed by atoms with Crippen LogP contribution in [0.1, 0.15) is 15.9 Å². The molecule has 2 aromatic heterocycles. The van der Waals surface area contributed by atoms with Crippen LogP contribution in [0.4, 0.5) is 14.5 Å². The number of nitrogens with one attached hydrogen (secondary N) is 1. The molecule has 4 nitrogen and oxygen atoms in total. The molecule has 1 aromatic carbocycles. The largest absolute Gasteiger partial charge is 0.396 e. The van der Waals surface area contributed by atoms with E-state index in [2.05, 4.69) is 9.97 Å². The second-order valence-electron chi connectivity index (χ2n) is 4.40. The maximum absolute atomic E-state index is 13.8. The Kier molecular flexibility index (Phi) is 3.10. The first kappa shape index (κ1) is 13.5. The van der Waals surface area contributed by atoms with Crippen molar-refractivity contribution in [3.05, 3.63) is 58.4 Å². The van der Waals surface area contributed by atoms with Gasteiger partial charge < -0.3 is 10.7 Å². The average molecular weight is 308 g/mol. The third kappa shape index (κ3) is 2.13. The van der Waals surface area contributed by atoms with E-state index in [1.807, 2.05) is 0 Å². The average Bonchev–Trinajstić information content (AvgIpc) is 2.87. The van der Waals surface area contributed by atoms with Crippen LogP contribution >= 0.6 is 11.6 Å². The number of pyridine rings is 1. The molecular weight excluding hydrogens is 300 g/mol. The normalized spacial score (nSPS) is 11.0. The Labute approximate surface area is 122 Å². The van der Waals surface area contributed by atoms with E-state index in [0.717, 1.165) is 6.07 Å². The standard InChI is InChI=1S/C14H8ClF2N3O/c15-8-1-2-19-14-12(8)7(5-20-14)13(21)6-3-11(18)10(17)4-9(6)16/h1-5H,18H2,(H,19,20). The predicted molar refractivity (Wildman–Crippen MR) is 75.3 cm³/mol. The van der Waals surface area contributed by atoms with Crippen molar-refractivity contribution >= 4 is 34.1 Å². The summed E-state index contributed by atoms with van der Waals surface area (Å²) < 4.78 is 27.0. The Balaban J connectivity index is 2.20. The van der Waals surface area contributed by atoms with Gasteiger partial charge in [-0.3, -0.25) is 4.79 Å². The molecule has 2 heterocycles. The summed E-state index contributed by atoms with van der Waals surface area (Å²) in [6.07, 6.45) is 2.86. The summed E-state index contributed by atoms with van der Waals surface area (Å²) in [6.45, 7) is 0. The van der Waals surface area contributed by atoms with Crippen LogP contribution < -0.4 is 5.73 Å². The quantitative estimate of drug-likeness (QED) is 0.563. The fourth-order valence-corrected chi connectivity index (χ4v) is 2.33. The van der Waals surface area contributed by atoms with E-state index in [0.29, 0.717) is 22.1 Å². The maximum Gasteiger partial charge on any atom is 0.198 e. The Morgan fingerprint density at radius 3 is 2.76 bits per heavy atom. The van der Waals surface area contributed by atoms with Crippen LogP contribution in [0.25, 0.3) is 11.0 Å². The number of anilines is 1. The van der Waals surface area contributed by atoms with E-state index < -0.39 is 17.4 Å². The van der Waals surface area contributed by atoms with Crippen molar-refractivity contribution in [2.24, 2.45) is 0 Å². The van der Waals surface area contributed by atoms with Gasteiger partial charge >= 0.3 is 0 Å². The second-order valence-corrected chi connectivity index (χ2v) is 4.81. The van der Waals surface area contributed by atoms with E-state index >= 15 is 0 Å². The molecular formula is C14H8ClF2N3O. The minimum Gasteiger partial charge on any atom is -0.396 e. The highest BCUT2D eigenvalue weighted by molar-refractivity contribution is 6.37. The fraction of sp³-hybridized carbons (Fsp3) is 0. The molecule has 21 heavy (non-hydrogen) atoms. The smallest absolute Gasteiger partial charge is 0.198 e. The monoisotopic (exact) mass is 307 g/mol. The molecule has 0 saturated carbocycles. The van der Waals surface area contributed by atoms with Crippen molar-refractivity contribution in [3.63, 3.8) is 0 Å². The highest BCUT2D eigenvalue weighted by atomic mass is 35.5. The van der Waals surface area contributed by atoms with Gasteiger partial charge in [-0.25, -0.2) is 13.8 Å².